The molecule has 2 aromatic rings. The van der Waals surface area contributed by atoms with Gasteiger partial charge in [0.05, 0.1) is 13.2 Å². The molecule has 106 valence electrons. The van der Waals surface area contributed by atoms with Crippen molar-refractivity contribution < 1.29 is 9.53 Å². The van der Waals surface area contributed by atoms with Crippen LogP contribution in [-0.4, -0.2) is 22.1 Å². The number of aryl methyl sites for hydroxylation is 1. The van der Waals surface area contributed by atoms with E-state index in [0.717, 1.165) is 5.56 Å². The highest BCUT2D eigenvalue weighted by Gasteiger charge is 2.19. The Bertz CT molecular complexity index is 620. The van der Waals surface area contributed by atoms with E-state index in [4.69, 9.17) is 22.1 Å². The summed E-state index contributed by atoms with van der Waals surface area (Å²) in [7, 11) is 0. The van der Waals surface area contributed by atoms with Crippen molar-refractivity contribution in [3.8, 4) is 0 Å². The Balaban J connectivity index is 2.28. The van der Waals surface area contributed by atoms with Crippen LogP contribution in [0.15, 0.2) is 24.3 Å². The van der Waals surface area contributed by atoms with E-state index in [0.29, 0.717) is 29.8 Å². The number of hydrogen-bond donors (Lipinski definition) is 1. The van der Waals surface area contributed by atoms with Crippen LogP contribution in [0.25, 0.3) is 0 Å². The number of benzene rings is 1. The van der Waals surface area contributed by atoms with Gasteiger partial charge in [0.1, 0.15) is 11.6 Å². The van der Waals surface area contributed by atoms with Gasteiger partial charge in [-0.05, 0) is 31.5 Å². The van der Waals surface area contributed by atoms with Gasteiger partial charge in [-0.15, -0.1) is 0 Å². The van der Waals surface area contributed by atoms with E-state index >= 15 is 0 Å². The lowest BCUT2D eigenvalue weighted by Gasteiger charge is -2.08. The summed E-state index contributed by atoms with van der Waals surface area (Å²) in [5, 5.41) is 0.677. The number of rotatable bonds is 4. The van der Waals surface area contributed by atoms with Crippen LogP contribution in [0, 0.1) is 6.92 Å². The lowest BCUT2D eigenvalue weighted by molar-refractivity contribution is 0.0521. The Morgan fingerprint density at radius 3 is 2.65 bits per heavy atom. The molecule has 0 atom stereocenters. The first-order chi connectivity index (χ1) is 9.52. The molecule has 0 aliphatic rings. The lowest BCUT2D eigenvalue weighted by atomic mass is 10.2. The number of ether oxygens (including phenoxy) is 1. The second-order valence-electron chi connectivity index (χ2n) is 4.33. The molecule has 5 nitrogen and oxygen atoms in total. The van der Waals surface area contributed by atoms with E-state index in [1.165, 1.54) is 0 Å². The molecule has 0 aliphatic heterocycles. The molecule has 20 heavy (non-hydrogen) atoms. The summed E-state index contributed by atoms with van der Waals surface area (Å²) >= 11 is 5.85. The summed E-state index contributed by atoms with van der Waals surface area (Å²) in [5.74, 6) is 0.486. The predicted octanol–water partition coefficient (Wildman–Crippen LogP) is 2.65. The van der Waals surface area contributed by atoms with Gasteiger partial charge in [-0.2, -0.15) is 0 Å². The number of anilines is 1. The third kappa shape index (κ3) is 2.93. The van der Waals surface area contributed by atoms with Crippen LogP contribution >= 0.6 is 11.6 Å². The zero-order valence-corrected chi connectivity index (χ0v) is 12.1. The van der Waals surface area contributed by atoms with E-state index in [9.17, 15) is 4.79 Å². The second kappa shape index (κ2) is 5.96. The summed E-state index contributed by atoms with van der Waals surface area (Å²) < 4.78 is 6.70. The van der Waals surface area contributed by atoms with Crippen LogP contribution < -0.4 is 5.73 Å². The summed E-state index contributed by atoms with van der Waals surface area (Å²) in [5.41, 5.74) is 7.18. The third-order valence-electron chi connectivity index (χ3n) is 2.92. The average Bonchev–Trinajstić information content (AvgIpc) is 2.69. The number of nitrogens with zero attached hydrogens (tertiary/aromatic N) is 2. The van der Waals surface area contributed by atoms with Gasteiger partial charge in [-0.25, -0.2) is 9.78 Å². The van der Waals surface area contributed by atoms with Crippen LogP contribution in [0.4, 0.5) is 5.82 Å². The average molecular weight is 294 g/mol. The van der Waals surface area contributed by atoms with Crippen LogP contribution in [-0.2, 0) is 11.3 Å². The molecule has 0 bridgehead atoms. The van der Waals surface area contributed by atoms with Crippen LogP contribution in [0.1, 0.15) is 28.8 Å². The molecule has 2 rings (SSSR count). The molecule has 0 fully saturated rings. The van der Waals surface area contributed by atoms with E-state index in [1.807, 2.05) is 24.3 Å². The maximum atomic E-state index is 11.7. The Morgan fingerprint density at radius 2 is 2.05 bits per heavy atom. The third-order valence-corrected chi connectivity index (χ3v) is 3.17. The fourth-order valence-electron chi connectivity index (χ4n) is 1.90. The number of nitrogen functional groups attached to an aromatic ring is 1. The lowest BCUT2D eigenvalue weighted by Crippen LogP contribution is -2.10. The number of imidazole rings is 1. The maximum Gasteiger partial charge on any atom is 0.360 e. The number of carbonyl (C=O) groups is 1. The first-order valence-corrected chi connectivity index (χ1v) is 6.65. The number of esters is 1. The number of hydrogen-bond acceptors (Lipinski definition) is 4. The quantitative estimate of drug-likeness (QED) is 0.880. The molecular weight excluding hydrogens is 278 g/mol. The summed E-state index contributed by atoms with van der Waals surface area (Å²) in [4.78, 5) is 15.9. The zero-order valence-electron chi connectivity index (χ0n) is 11.4. The van der Waals surface area contributed by atoms with Gasteiger partial charge in [-0.1, -0.05) is 23.7 Å². The molecule has 0 radical (unpaired) electrons. The Kier molecular flexibility index (Phi) is 4.29. The monoisotopic (exact) mass is 293 g/mol. The van der Waals surface area contributed by atoms with E-state index in [2.05, 4.69) is 4.98 Å². The van der Waals surface area contributed by atoms with Crippen molar-refractivity contribution in [2.75, 3.05) is 12.3 Å². The van der Waals surface area contributed by atoms with Crippen molar-refractivity contribution in [3.05, 3.63) is 46.4 Å². The fraction of sp³-hybridized carbons (Fsp3) is 0.286. The smallest absolute Gasteiger partial charge is 0.360 e. The van der Waals surface area contributed by atoms with Crippen molar-refractivity contribution in [1.82, 2.24) is 9.55 Å². The largest absolute Gasteiger partial charge is 0.461 e. The van der Waals surface area contributed by atoms with Crippen molar-refractivity contribution >= 4 is 23.4 Å². The van der Waals surface area contributed by atoms with Crippen molar-refractivity contribution in [1.29, 1.82) is 0 Å². The fourth-order valence-corrected chi connectivity index (χ4v) is 2.03. The predicted molar refractivity (Wildman–Crippen MR) is 77.9 cm³/mol. The summed E-state index contributed by atoms with van der Waals surface area (Å²) in [6.07, 6.45) is 0. The highest BCUT2D eigenvalue weighted by atomic mass is 35.5. The molecule has 0 amide bonds. The van der Waals surface area contributed by atoms with E-state index < -0.39 is 5.97 Å². The molecule has 1 aromatic heterocycles. The normalized spacial score (nSPS) is 10.6. The van der Waals surface area contributed by atoms with Crippen LogP contribution in [0.2, 0.25) is 5.02 Å². The minimum absolute atomic E-state index is 0.165. The minimum Gasteiger partial charge on any atom is -0.461 e. The van der Waals surface area contributed by atoms with Gasteiger partial charge in [0.2, 0.25) is 0 Å². The van der Waals surface area contributed by atoms with Crippen LogP contribution in [0.5, 0.6) is 0 Å². The SMILES string of the molecule is CCOC(=O)c1nc(C)n(Cc2ccc(Cl)cc2)c1N. The van der Waals surface area contributed by atoms with Gasteiger partial charge in [0, 0.05) is 5.02 Å². The molecule has 2 N–H and O–H groups in total. The Labute approximate surface area is 122 Å². The highest BCUT2D eigenvalue weighted by Crippen LogP contribution is 2.18. The number of nitrogens with two attached hydrogens (primary N) is 1. The second-order valence-corrected chi connectivity index (χ2v) is 4.76. The molecule has 0 aliphatic carbocycles. The Hall–Kier alpha value is -2.01. The molecule has 1 heterocycles. The Morgan fingerprint density at radius 1 is 1.40 bits per heavy atom. The summed E-state index contributed by atoms with van der Waals surface area (Å²) in [6.45, 7) is 4.36. The van der Waals surface area contributed by atoms with Gasteiger partial charge >= 0.3 is 5.97 Å². The number of aromatic nitrogens is 2. The maximum absolute atomic E-state index is 11.7. The standard InChI is InChI=1S/C14H16ClN3O2/c1-3-20-14(19)12-13(16)18(9(2)17-12)8-10-4-6-11(15)7-5-10/h4-7H,3,8,16H2,1-2H3. The van der Waals surface area contributed by atoms with Crippen LogP contribution in [0.3, 0.4) is 0 Å². The molecule has 1 aromatic carbocycles. The number of halogens is 1. The number of carbonyl (C=O) groups excluding carboxylic acids is 1. The highest BCUT2D eigenvalue weighted by molar-refractivity contribution is 6.30. The molecule has 6 heteroatoms. The van der Waals surface area contributed by atoms with Gasteiger partial charge < -0.3 is 15.0 Å². The van der Waals surface area contributed by atoms with Gasteiger partial charge in [0.25, 0.3) is 0 Å². The topological polar surface area (TPSA) is 70.1 Å². The summed E-state index contributed by atoms with van der Waals surface area (Å²) in [6, 6.07) is 7.44. The van der Waals surface area contributed by atoms with Crippen molar-refractivity contribution in [2.45, 2.75) is 20.4 Å². The van der Waals surface area contributed by atoms with E-state index in [-0.39, 0.29) is 5.69 Å². The van der Waals surface area contributed by atoms with E-state index in [1.54, 1.807) is 18.4 Å². The zero-order chi connectivity index (χ0) is 14.7. The molecule has 0 saturated heterocycles. The molecule has 0 saturated carbocycles. The minimum atomic E-state index is -0.497. The van der Waals surface area contributed by atoms with Crippen molar-refractivity contribution in [2.24, 2.45) is 0 Å². The molecular formula is C14H16ClN3O2. The molecule has 0 unspecified atom stereocenters. The van der Waals surface area contributed by atoms with Gasteiger partial charge in [0.15, 0.2) is 5.69 Å². The van der Waals surface area contributed by atoms with Crippen molar-refractivity contribution in [3.63, 3.8) is 0 Å². The first-order valence-electron chi connectivity index (χ1n) is 6.27. The molecule has 0 spiro atoms. The van der Waals surface area contributed by atoms with Gasteiger partial charge in [-0.3, -0.25) is 0 Å². The first kappa shape index (κ1) is 14.4.